The summed E-state index contributed by atoms with van der Waals surface area (Å²) in [5.74, 6) is 1.70. The number of carbonyl (C=O) groups is 1. The molecule has 1 aromatic rings. The Bertz CT molecular complexity index is 463. The zero-order valence-corrected chi connectivity index (χ0v) is 13.0. The molecule has 1 rings (SSSR count). The molecule has 0 fully saturated rings. The number of rotatable bonds is 5. The molecule has 0 radical (unpaired) electrons. The molecule has 1 amide bonds. The van der Waals surface area contributed by atoms with Gasteiger partial charge in [-0.1, -0.05) is 20.8 Å². The maximum absolute atomic E-state index is 11.9. The van der Waals surface area contributed by atoms with E-state index in [-0.39, 0.29) is 17.9 Å². The van der Waals surface area contributed by atoms with Crippen LogP contribution in [-0.4, -0.2) is 40.4 Å². The topological polar surface area (TPSA) is 84.1 Å². The SMILES string of the molecule is CCN(CC)C(=O)CNc1cc(N)nc(C(C)(C)C)n1. The Kier molecular flexibility index (Phi) is 5.30. The van der Waals surface area contributed by atoms with Crippen molar-refractivity contribution < 1.29 is 4.79 Å². The number of nitrogens with two attached hydrogens (primary N) is 1. The Balaban J connectivity index is 2.79. The number of likely N-dealkylation sites (N-methyl/N-ethyl adjacent to an activating group) is 1. The van der Waals surface area contributed by atoms with Crippen molar-refractivity contribution in [2.45, 2.75) is 40.0 Å². The average Bonchev–Trinajstić information content (AvgIpc) is 2.36. The number of hydrogen-bond donors (Lipinski definition) is 2. The van der Waals surface area contributed by atoms with Gasteiger partial charge in [-0.2, -0.15) is 0 Å². The molecule has 0 aliphatic heterocycles. The Morgan fingerprint density at radius 1 is 1.30 bits per heavy atom. The smallest absolute Gasteiger partial charge is 0.241 e. The average molecular weight is 279 g/mol. The molecule has 0 aliphatic carbocycles. The van der Waals surface area contributed by atoms with Gasteiger partial charge in [0.2, 0.25) is 5.91 Å². The molecule has 1 aromatic heterocycles. The zero-order chi connectivity index (χ0) is 15.3. The lowest BCUT2D eigenvalue weighted by Crippen LogP contribution is -2.35. The van der Waals surface area contributed by atoms with Crippen LogP contribution in [0.4, 0.5) is 11.6 Å². The Morgan fingerprint density at radius 2 is 1.90 bits per heavy atom. The van der Waals surface area contributed by atoms with Gasteiger partial charge in [-0.25, -0.2) is 9.97 Å². The highest BCUT2D eigenvalue weighted by atomic mass is 16.2. The van der Waals surface area contributed by atoms with Crippen LogP contribution in [0.3, 0.4) is 0 Å². The van der Waals surface area contributed by atoms with Crippen molar-refractivity contribution in [2.24, 2.45) is 0 Å². The summed E-state index contributed by atoms with van der Waals surface area (Å²) in [6.07, 6.45) is 0. The molecule has 1 heterocycles. The fraction of sp³-hybridized carbons (Fsp3) is 0.643. The molecule has 112 valence electrons. The van der Waals surface area contributed by atoms with Gasteiger partial charge in [0.25, 0.3) is 0 Å². The van der Waals surface area contributed by atoms with E-state index in [1.165, 1.54) is 0 Å². The van der Waals surface area contributed by atoms with E-state index in [0.29, 0.717) is 30.5 Å². The normalized spacial score (nSPS) is 11.2. The second-order valence-corrected chi connectivity index (χ2v) is 5.67. The fourth-order valence-electron chi connectivity index (χ4n) is 1.75. The van der Waals surface area contributed by atoms with Gasteiger partial charge < -0.3 is 16.0 Å². The van der Waals surface area contributed by atoms with E-state index in [1.807, 2.05) is 34.6 Å². The van der Waals surface area contributed by atoms with E-state index < -0.39 is 0 Å². The lowest BCUT2D eigenvalue weighted by atomic mass is 9.96. The molecule has 6 heteroatoms. The summed E-state index contributed by atoms with van der Waals surface area (Å²) in [6.45, 7) is 11.6. The molecule has 0 aromatic carbocycles. The Morgan fingerprint density at radius 3 is 2.40 bits per heavy atom. The predicted octanol–water partition coefficient (Wildman–Crippen LogP) is 1.64. The summed E-state index contributed by atoms with van der Waals surface area (Å²) in [5, 5.41) is 3.02. The molecule has 0 aliphatic rings. The quantitative estimate of drug-likeness (QED) is 0.856. The van der Waals surface area contributed by atoms with Crippen LogP contribution in [0.25, 0.3) is 0 Å². The molecule has 0 saturated carbocycles. The zero-order valence-electron chi connectivity index (χ0n) is 13.0. The van der Waals surface area contributed by atoms with Gasteiger partial charge >= 0.3 is 0 Å². The first-order chi connectivity index (χ1) is 9.27. The summed E-state index contributed by atoms with van der Waals surface area (Å²) >= 11 is 0. The number of carbonyl (C=O) groups excluding carboxylic acids is 1. The van der Waals surface area contributed by atoms with Crippen molar-refractivity contribution in [1.29, 1.82) is 0 Å². The minimum atomic E-state index is -0.186. The predicted molar refractivity (Wildman–Crippen MR) is 81.6 cm³/mol. The van der Waals surface area contributed by atoms with Crippen LogP contribution in [0, 0.1) is 0 Å². The number of aromatic nitrogens is 2. The molecular weight excluding hydrogens is 254 g/mol. The molecule has 0 unspecified atom stereocenters. The summed E-state index contributed by atoms with van der Waals surface area (Å²) in [4.78, 5) is 22.3. The second-order valence-electron chi connectivity index (χ2n) is 5.67. The number of nitrogen functional groups attached to an aromatic ring is 1. The highest BCUT2D eigenvalue weighted by molar-refractivity contribution is 5.80. The van der Waals surface area contributed by atoms with Crippen LogP contribution < -0.4 is 11.1 Å². The highest BCUT2D eigenvalue weighted by Crippen LogP contribution is 2.21. The minimum absolute atomic E-state index is 0.0458. The molecule has 6 nitrogen and oxygen atoms in total. The van der Waals surface area contributed by atoms with E-state index in [1.54, 1.807) is 11.0 Å². The summed E-state index contributed by atoms with van der Waals surface area (Å²) in [5.41, 5.74) is 5.60. The number of nitrogens with one attached hydrogen (secondary N) is 1. The van der Waals surface area contributed by atoms with Gasteiger partial charge in [0.1, 0.15) is 17.5 Å². The summed E-state index contributed by atoms with van der Waals surface area (Å²) < 4.78 is 0. The molecule has 0 spiro atoms. The number of amides is 1. The maximum atomic E-state index is 11.9. The van der Waals surface area contributed by atoms with Crippen LogP contribution in [-0.2, 0) is 10.2 Å². The van der Waals surface area contributed by atoms with Gasteiger partial charge in [0, 0.05) is 24.6 Å². The van der Waals surface area contributed by atoms with Crippen LogP contribution >= 0.6 is 0 Å². The first kappa shape index (κ1) is 16.2. The van der Waals surface area contributed by atoms with Crippen LogP contribution in [0.15, 0.2) is 6.07 Å². The third kappa shape index (κ3) is 4.36. The van der Waals surface area contributed by atoms with Crippen LogP contribution in [0.2, 0.25) is 0 Å². The van der Waals surface area contributed by atoms with Gasteiger partial charge in [-0.3, -0.25) is 4.79 Å². The Hall–Kier alpha value is -1.85. The third-order valence-electron chi connectivity index (χ3n) is 2.95. The first-order valence-corrected chi connectivity index (χ1v) is 6.94. The van der Waals surface area contributed by atoms with Crippen molar-refractivity contribution in [3.8, 4) is 0 Å². The third-order valence-corrected chi connectivity index (χ3v) is 2.95. The summed E-state index contributed by atoms with van der Waals surface area (Å²) in [7, 11) is 0. The van der Waals surface area contributed by atoms with E-state index in [0.717, 1.165) is 0 Å². The standard InChI is InChI=1S/C14H25N5O/c1-6-19(7-2)12(20)9-16-11-8-10(15)17-13(18-11)14(3,4)5/h8H,6-7,9H2,1-5H3,(H3,15,16,17,18). The van der Waals surface area contributed by atoms with Crippen molar-refractivity contribution >= 4 is 17.5 Å². The van der Waals surface area contributed by atoms with Crippen LogP contribution in [0.5, 0.6) is 0 Å². The highest BCUT2D eigenvalue weighted by Gasteiger charge is 2.19. The largest absolute Gasteiger partial charge is 0.384 e. The molecule has 20 heavy (non-hydrogen) atoms. The van der Waals surface area contributed by atoms with Gasteiger partial charge in [0.15, 0.2) is 0 Å². The van der Waals surface area contributed by atoms with Crippen molar-refractivity contribution in [2.75, 3.05) is 30.7 Å². The monoisotopic (exact) mass is 279 g/mol. The molecule has 0 saturated heterocycles. The van der Waals surface area contributed by atoms with Gasteiger partial charge in [-0.15, -0.1) is 0 Å². The van der Waals surface area contributed by atoms with Crippen LogP contribution in [0.1, 0.15) is 40.4 Å². The molecular formula is C14H25N5O. The number of hydrogen-bond acceptors (Lipinski definition) is 5. The van der Waals surface area contributed by atoms with Gasteiger partial charge in [0.05, 0.1) is 6.54 Å². The fourth-order valence-corrected chi connectivity index (χ4v) is 1.75. The molecule has 0 bridgehead atoms. The number of nitrogens with zero attached hydrogens (tertiary/aromatic N) is 3. The van der Waals surface area contributed by atoms with Crippen molar-refractivity contribution in [3.63, 3.8) is 0 Å². The van der Waals surface area contributed by atoms with Crippen molar-refractivity contribution in [1.82, 2.24) is 14.9 Å². The minimum Gasteiger partial charge on any atom is -0.384 e. The lowest BCUT2D eigenvalue weighted by molar-refractivity contribution is -0.128. The molecule has 0 atom stereocenters. The summed E-state index contributed by atoms with van der Waals surface area (Å²) in [6, 6.07) is 1.64. The van der Waals surface area contributed by atoms with E-state index in [2.05, 4.69) is 15.3 Å². The number of anilines is 2. The first-order valence-electron chi connectivity index (χ1n) is 6.94. The lowest BCUT2D eigenvalue weighted by Gasteiger charge is -2.20. The van der Waals surface area contributed by atoms with E-state index >= 15 is 0 Å². The maximum Gasteiger partial charge on any atom is 0.241 e. The second kappa shape index (κ2) is 6.54. The van der Waals surface area contributed by atoms with Crippen molar-refractivity contribution in [3.05, 3.63) is 11.9 Å². The molecule has 3 N–H and O–H groups in total. The van der Waals surface area contributed by atoms with Gasteiger partial charge in [-0.05, 0) is 13.8 Å². The Labute approximate surface area is 120 Å². The van der Waals surface area contributed by atoms with E-state index in [4.69, 9.17) is 5.73 Å². The van der Waals surface area contributed by atoms with E-state index in [9.17, 15) is 4.79 Å².